The van der Waals surface area contributed by atoms with E-state index < -0.39 is 15.9 Å². The molecule has 1 heterocycles. The third kappa shape index (κ3) is 3.38. The van der Waals surface area contributed by atoms with Crippen molar-refractivity contribution in [3.05, 3.63) is 28.8 Å². The van der Waals surface area contributed by atoms with Gasteiger partial charge in [0.25, 0.3) is 5.91 Å². The molecule has 0 bridgehead atoms. The van der Waals surface area contributed by atoms with E-state index in [0.717, 1.165) is 12.8 Å². The van der Waals surface area contributed by atoms with Crippen LogP contribution in [0, 0.1) is 12.3 Å². The Morgan fingerprint density at radius 3 is 2.67 bits per heavy atom. The number of halogens is 1. The Morgan fingerprint density at radius 2 is 2.05 bits per heavy atom. The molecule has 1 N–H and O–H groups in total. The molecule has 0 unspecified atom stereocenters. The Bertz CT molecular complexity index is 689. The molecule has 1 aromatic carbocycles. The first-order valence-corrected chi connectivity index (χ1v) is 8.30. The predicted molar refractivity (Wildman–Crippen MR) is 80.6 cm³/mol. The topological polar surface area (TPSA) is 66.5 Å². The van der Waals surface area contributed by atoms with Crippen molar-refractivity contribution in [1.29, 1.82) is 0 Å². The van der Waals surface area contributed by atoms with E-state index in [-0.39, 0.29) is 22.0 Å². The number of carbonyl (C=O) groups excluding carboxylic acids is 1. The molecule has 0 aromatic heterocycles. The van der Waals surface area contributed by atoms with Crippen LogP contribution in [0.5, 0.6) is 0 Å². The fraction of sp³-hybridized carbons (Fsp3) is 0.357. The molecule has 5 nitrogen and oxygen atoms in total. The van der Waals surface area contributed by atoms with Gasteiger partial charge in [-0.1, -0.05) is 17.5 Å². The highest BCUT2D eigenvalue weighted by atomic mass is 35.5. The lowest BCUT2D eigenvalue weighted by molar-refractivity contribution is 0.0958. The first kappa shape index (κ1) is 15.8. The standard InChI is InChI=1S/C14H15ClN2O3S/c1-2-7-16-14(18)11-5-6-12(15)13(10-11)21(19,20)17-8-3-4-9-17/h1,5-6,10H,3-4,7-9H2,(H,16,18). The number of amides is 1. The fourth-order valence-electron chi connectivity index (χ4n) is 2.14. The quantitative estimate of drug-likeness (QED) is 0.852. The monoisotopic (exact) mass is 326 g/mol. The molecule has 1 saturated heterocycles. The zero-order chi connectivity index (χ0) is 15.5. The van der Waals surface area contributed by atoms with Crippen LogP contribution in [-0.2, 0) is 10.0 Å². The summed E-state index contributed by atoms with van der Waals surface area (Å²) in [5.41, 5.74) is 0.215. The van der Waals surface area contributed by atoms with Crippen molar-refractivity contribution >= 4 is 27.5 Å². The van der Waals surface area contributed by atoms with Crippen LogP contribution in [0.2, 0.25) is 5.02 Å². The Kier molecular flexibility index (Phi) is 4.88. The SMILES string of the molecule is C#CCNC(=O)c1ccc(Cl)c(S(=O)(=O)N2CCCC2)c1. The van der Waals surface area contributed by atoms with E-state index in [1.165, 1.54) is 22.5 Å². The van der Waals surface area contributed by atoms with E-state index in [4.69, 9.17) is 18.0 Å². The molecule has 112 valence electrons. The van der Waals surface area contributed by atoms with Gasteiger partial charge < -0.3 is 5.32 Å². The molecule has 7 heteroatoms. The van der Waals surface area contributed by atoms with E-state index in [2.05, 4.69) is 11.2 Å². The molecule has 1 fully saturated rings. The molecule has 1 amide bonds. The van der Waals surface area contributed by atoms with Crippen LogP contribution in [-0.4, -0.2) is 38.3 Å². The maximum atomic E-state index is 12.5. The van der Waals surface area contributed by atoms with E-state index in [1.54, 1.807) is 0 Å². The molecule has 0 aliphatic carbocycles. The predicted octanol–water partition coefficient (Wildman–Crippen LogP) is 1.49. The summed E-state index contributed by atoms with van der Waals surface area (Å²) in [6.45, 7) is 1.04. The highest BCUT2D eigenvalue weighted by Gasteiger charge is 2.29. The second kappa shape index (κ2) is 6.48. The lowest BCUT2D eigenvalue weighted by Gasteiger charge is -2.17. The summed E-state index contributed by atoms with van der Waals surface area (Å²) in [6.07, 6.45) is 6.74. The molecule has 0 saturated carbocycles. The highest BCUT2D eigenvalue weighted by molar-refractivity contribution is 7.89. The van der Waals surface area contributed by atoms with Gasteiger partial charge in [-0.2, -0.15) is 4.31 Å². The zero-order valence-corrected chi connectivity index (χ0v) is 12.9. The highest BCUT2D eigenvalue weighted by Crippen LogP contribution is 2.28. The number of rotatable bonds is 4. The number of hydrogen-bond donors (Lipinski definition) is 1. The zero-order valence-electron chi connectivity index (χ0n) is 11.3. The number of benzene rings is 1. The van der Waals surface area contributed by atoms with Crippen molar-refractivity contribution < 1.29 is 13.2 Å². The van der Waals surface area contributed by atoms with Crippen LogP contribution in [0.3, 0.4) is 0 Å². The molecule has 0 spiro atoms. The minimum atomic E-state index is -3.66. The van der Waals surface area contributed by atoms with E-state index in [1.807, 2.05) is 0 Å². The van der Waals surface area contributed by atoms with Gasteiger partial charge in [-0.15, -0.1) is 6.42 Å². The lowest BCUT2D eigenvalue weighted by atomic mass is 10.2. The van der Waals surface area contributed by atoms with Crippen LogP contribution >= 0.6 is 11.6 Å². The van der Waals surface area contributed by atoms with Crippen molar-refractivity contribution in [3.8, 4) is 12.3 Å². The minimum Gasteiger partial charge on any atom is -0.341 e. The van der Waals surface area contributed by atoms with Gasteiger partial charge in [0.2, 0.25) is 10.0 Å². The summed E-state index contributed by atoms with van der Waals surface area (Å²) in [5, 5.41) is 2.60. The van der Waals surface area contributed by atoms with Gasteiger partial charge in [-0.05, 0) is 31.0 Å². The van der Waals surface area contributed by atoms with Gasteiger partial charge in [-0.25, -0.2) is 8.42 Å². The summed E-state index contributed by atoms with van der Waals surface area (Å²) < 4.78 is 26.4. The molecular formula is C14H15ClN2O3S. The van der Waals surface area contributed by atoms with Gasteiger partial charge in [0.1, 0.15) is 4.90 Å². The summed E-state index contributed by atoms with van der Waals surface area (Å²) >= 11 is 6.00. The smallest absolute Gasteiger partial charge is 0.252 e. The average molecular weight is 327 g/mol. The average Bonchev–Trinajstić information content (AvgIpc) is 3.00. The summed E-state index contributed by atoms with van der Waals surface area (Å²) in [7, 11) is -3.66. The Balaban J connectivity index is 2.35. The van der Waals surface area contributed by atoms with Gasteiger partial charge in [0, 0.05) is 18.7 Å². The van der Waals surface area contributed by atoms with Crippen LogP contribution < -0.4 is 5.32 Å². The van der Waals surface area contributed by atoms with E-state index in [0.29, 0.717) is 13.1 Å². The molecule has 1 aliphatic rings. The maximum absolute atomic E-state index is 12.5. The van der Waals surface area contributed by atoms with Crippen molar-refractivity contribution in [2.75, 3.05) is 19.6 Å². The summed E-state index contributed by atoms with van der Waals surface area (Å²) in [6, 6.07) is 4.17. The second-order valence-electron chi connectivity index (χ2n) is 4.64. The number of nitrogens with zero attached hydrogens (tertiary/aromatic N) is 1. The van der Waals surface area contributed by atoms with Gasteiger partial charge >= 0.3 is 0 Å². The van der Waals surface area contributed by atoms with E-state index in [9.17, 15) is 13.2 Å². The maximum Gasteiger partial charge on any atom is 0.252 e. The minimum absolute atomic E-state index is 0.0422. The first-order valence-electron chi connectivity index (χ1n) is 6.48. The number of nitrogens with one attached hydrogen (secondary N) is 1. The largest absolute Gasteiger partial charge is 0.341 e. The number of sulfonamides is 1. The van der Waals surface area contributed by atoms with Crippen LogP contribution in [0.1, 0.15) is 23.2 Å². The van der Waals surface area contributed by atoms with Gasteiger partial charge in [0.05, 0.1) is 11.6 Å². The fourth-order valence-corrected chi connectivity index (χ4v) is 4.16. The first-order chi connectivity index (χ1) is 9.96. The van der Waals surface area contributed by atoms with Gasteiger partial charge in [-0.3, -0.25) is 4.79 Å². The summed E-state index contributed by atoms with van der Waals surface area (Å²) in [5.74, 6) is 1.86. The Morgan fingerprint density at radius 1 is 1.38 bits per heavy atom. The summed E-state index contributed by atoms with van der Waals surface area (Å²) in [4.78, 5) is 11.8. The van der Waals surface area contributed by atoms with Crippen molar-refractivity contribution in [2.45, 2.75) is 17.7 Å². The Hall–Kier alpha value is -1.55. The third-order valence-electron chi connectivity index (χ3n) is 3.23. The van der Waals surface area contributed by atoms with Crippen LogP contribution in [0.4, 0.5) is 0 Å². The third-order valence-corrected chi connectivity index (χ3v) is 5.61. The lowest BCUT2D eigenvalue weighted by Crippen LogP contribution is -2.29. The number of terminal acetylenes is 1. The molecular weight excluding hydrogens is 312 g/mol. The van der Waals surface area contributed by atoms with Crippen molar-refractivity contribution in [1.82, 2.24) is 9.62 Å². The molecule has 0 radical (unpaired) electrons. The normalized spacial score (nSPS) is 15.6. The van der Waals surface area contributed by atoms with Gasteiger partial charge in [0.15, 0.2) is 0 Å². The van der Waals surface area contributed by atoms with Crippen LogP contribution in [0.15, 0.2) is 23.1 Å². The Labute approximate surface area is 129 Å². The molecule has 1 aromatic rings. The second-order valence-corrected chi connectivity index (χ2v) is 6.96. The van der Waals surface area contributed by atoms with Crippen molar-refractivity contribution in [3.63, 3.8) is 0 Å². The number of carbonyl (C=O) groups is 1. The molecule has 2 rings (SSSR count). The molecule has 1 aliphatic heterocycles. The molecule has 0 atom stereocenters. The number of hydrogen-bond acceptors (Lipinski definition) is 3. The van der Waals surface area contributed by atoms with E-state index >= 15 is 0 Å². The van der Waals surface area contributed by atoms with Crippen LogP contribution in [0.25, 0.3) is 0 Å². The van der Waals surface area contributed by atoms with Crippen molar-refractivity contribution in [2.24, 2.45) is 0 Å². The molecule has 21 heavy (non-hydrogen) atoms.